The molecule has 1 N–H and O–H groups in total. The Labute approximate surface area is 165 Å². The number of nitrogens with zero attached hydrogens (tertiary/aromatic N) is 2. The first-order valence-electron chi connectivity index (χ1n) is 7.85. The van der Waals surface area contributed by atoms with Crippen LogP contribution < -0.4 is 5.32 Å². The number of hydrogen-bond acceptors (Lipinski definition) is 3. The number of nitrogens with one attached hydrogen (secondary N) is 1. The van der Waals surface area contributed by atoms with Crippen molar-refractivity contribution in [3.05, 3.63) is 99.0 Å². The van der Waals surface area contributed by atoms with Gasteiger partial charge >= 0.3 is 0 Å². The zero-order chi connectivity index (χ0) is 19.4. The zero-order valence-corrected chi connectivity index (χ0v) is 15.3. The second-order valence-electron chi connectivity index (χ2n) is 5.67. The van der Waals surface area contributed by atoms with E-state index < -0.39 is 17.8 Å². The summed E-state index contributed by atoms with van der Waals surface area (Å²) < 4.78 is 13.8. The van der Waals surface area contributed by atoms with E-state index in [0.717, 1.165) is 11.6 Å². The van der Waals surface area contributed by atoms with Gasteiger partial charge in [0.15, 0.2) is 0 Å². The predicted molar refractivity (Wildman–Crippen MR) is 101 cm³/mol. The molecule has 0 aliphatic rings. The first kappa shape index (κ1) is 18.8. The Morgan fingerprint density at radius 2 is 1.78 bits per heavy atom. The van der Waals surface area contributed by atoms with Crippen molar-refractivity contribution in [1.82, 2.24) is 10.3 Å². The molecule has 1 amide bonds. The number of pyridine rings is 1. The smallest absolute Gasteiger partial charge is 0.252 e. The number of hydrogen-bond donors (Lipinski definition) is 1. The topological polar surface area (TPSA) is 65.8 Å². The van der Waals surface area contributed by atoms with Crippen molar-refractivity contribution in [1.29, 1.82) is 5.26 Å². The fraction of sp³-hybridized carbons (Fsp3) is 0.0500. The lowest BCUT2D eigenvalue weighted by Crippen LogP contribution is -2.30. The minimum atomic E-state index is -0.752. The van der Waals surface area contributed by atoms with E-state index in [1.165, 1.54) is 18.3 Å². The maximum absolute atomic E-state index is 13.8. The highest BCUT2D eigenvalue weighted by Crippen LogP contribution is 2.24. The van der Waals surface area contributed by atoms with Crippen LogP contribution in [0.2, 0.25) is 10.0 Å². The van der Waals surface area contributed by atoms with Gasteiger partial charge in [-0.2, -0.15) is 5.26 Å². The van der Waals surface area contributed by atoms with Gasteiger partial charge in [0.25, 0.3) is 5.91 Å². The molecular formula is C20H12Cl2FN3O. The van der Waals surface area contributed by atoms with Crippen LogP contribution in [0.25, 0.3) is 0 Å². The molecule has 0 saturated carbocycles. The highest BCUT2D eigenvalue weighted by molar-refractivity contribution is 6.30. The monoisotopic (exact) mass is 399 g/mol. The zero-order valence-electron chi connectivity index (χ0n) is 13.8. The molecule has 27 heavy (non-hydrogen) atoms. The Morgan fingerprint density at radius 1 is 1.07 bits per heavy atom. The van der Waals surface area contributed by atoms with Crippen LogP contribution in [0.5, 0.6) is 0 Å². The van der Waals surface area contributed by atoms with Gasteiger partial charge < -0.3 is 5.32 Å². The van der Waals surface area contributed by atoms with Gasteiger partial charge in [0.05, 0.1) is 22.3 Å². The Hall–Kier alpha value is -2.94. The molecule has 1 aromatic heterocycles. The molecule has 3 aromatic rings. The third kappa shape index (κ3) is 4.43. The van der Waals surface area contributed by atoms with Crippen LogP contribution in [-0.4, -0.2) is 10.9 Å². The lowest BCUT2D eigenvalue weighted by Gasteiger charge is -2.19. The summed E-state index contributed by atoms with van der Waals surface area (Å²) >= 11 is 11.8. The number of carbonyl (C=O) groups is 1. The van der Waals surface area contributed by atoms with E-state index in [-0.39, 0.29) is 11.1 Å². The van der Waals surface area contributed by atoms with E-state index >= 15 is 0 Å². The van der Waals surface area contributed by atoms with Crippen molar-refractivity contribution in [3.8, 4) is 6.07 Å². The van der Waals surface area contributed by atoms with Crippen molar-refractivity contribution in [2.45, 2.75) is 6.04 Å². The highest BCUT2D eigenvalue weighted by atomic mass is 35.5. The first-order chi connectivity index (χ1) is 13.0. The molecule has 0 saturated heterocycles. The predicted octanol–water partition coefficient (Wildman–Crippen LogP) is 4.92. The second kappa shape index (κ2) is 8.17. The minimum absolute atomic E-state index is 0.0967. The van der Waals surface area contributed by atoms with E-state index in [1.54, 1.807) is 42.5 Å². The molecule has 7 heteroatoms. The summed E-state index contributed by atoms with van der Waals surface area (Å²) in [5.41, 5.74) is 1.28. The molecule has 3 rings (SSSR count). The lowest BCUT2D eigenvalue weighted by molar-refractivity contribution is 0.0942. The van der Waals surface area contributed by atoms with Gasteiger partial charge in [-0.15, -0.1) is 0 Å². The summed E-state index contributed by atoms with van der Waals surface area (Å²) in [4.78, 5) is 16.9. The Bertz CT molecular complexity index is 969. The summed E-state index contributed by atoms with van der Waals surface area (Å²) in [6.07, 6.45) is 1.48. The third-order valence-electron chi connectivity index (χ3n) is 3.88. The maximum Gasteiger partial charge on any atom is 0.252 e. The third-order valence-corrected chi connectivity index (χ3v) is 4.35. The maximum atomic E-state index is 13.8. The highest BCUT2D eigenvalue weighted by Gasteiger charge is 2.20. The van der Waals surface area contributed by atoms with Crippen molar-refractivity contribution in [3.63, 3.8) is 0 Å². The Morgan fingerprint density at radius 3 is 2.37 bits per heavy atom. The van der Waals surface area contributed by atoms with Gasteiger partial charge in [-0.3, -0.25) is 9.78 Å². The average Bonchev–Trinajstić information content (AvgIpc) is 2.67. The summed E-state index contributed by atoms with van der Waals surface area (Å²) in [6, 6.07) is 15.1. The summed E-state index contributed by atoms with van der Waals surface area (Å²) in [5, 5.41) is 12.7. The summed E-state index contributed by atoms with van der Waals surface area (Å²) in [5.74, 6) is -1.26. The normalized spacial score (nSPS) is 11.5. The van der Waals surface area contributed by atoms with E-state index in [4.69, 9.17) is 28.5 Å². The van der Waals surface area contributed by atoms with Crippen molar-refractivity contribution in [2.24, 2.45) is 0 Å². The van der Waals surface area contributed by atoms with Crippen LogP contribution in [0.1, 0.15) is 33.2 Å². The lowest BCUT2D eigenvalue weighted by atomic mass is 10.0. The Kier molecular flexibility index (Phi) is 5.70. The number of carbonyl (C=O) groups excluding carboxylic acids is 1. The molecule has 0 bridgehead atoms. The van der Waals surface area contributed by atoms with Gasteiger partial charge in [-0.25, -0.2) is 4.39 Å². The molecule has 0 aliphatic heterocycles. The minimum Gasteiger partial charge on any atom is -0.340 e. The average molecular weight is 400 g/mol. The molecular weight excluding hydrogens is 388 g/mol. The SMILES string of the molecule is N#Cc1ccc(C(=O)NC(c2ccc(Cl)cc2)c2ccc(Cl)cn2)cc1F. The number of benzene rings is 2. The number of halogens is 3. The molecule has 1 heterocycles. The van der Waals surface area contributed by atoms with Crippen molar-refractivity contribution in [2.75, 3.05) is 0 Å². The largest absolute Gasteiger partial charge is 0.340 e. The van der Waals surface area contributed by atoms with E-state index in [0.29, 0.717) is 15.7 Å². The van der Waals surface area contributed by atoms with Crippen LogP contribution in [0.15, 0.2) is 60.8 Å². The van der Waals surface area contributed by atoms with Crippen LogP contribution in [-0.2, 0) is 0 Å². The van der Waals surface area contributed by atoms with Crippen LogP contribution in [0.4, 0.5) is 4.39 Å². The summed E-state index contributed by atoms with van der Waals surface area (Å²) in [7, 11) is 0. The molecule has 1 atom stereocenters. The van der Waals surface area contributed by atoms with E-state index in [1.807, 2.05) is 0 Å². The quantitative estimate of drug-likeness (QED) is 0.676. The number of aromatic nitrogens is 1. The van der Waals surface area contributed by atoms with E-state index in [9.17, 15) is 9.18 Å². The number of amides is 1. The van der Waals surface area contributed by atoms with Crippen molar-refractivity contribution >= 4 is 29.1 Å². The molecule has 2 aromatic carbocycles. The molecule has 1 unspecified atom stereocenters. The van der Waals surface area contributed by atoms with Crippen LogP contribution in [0, 0.1) is 17.1 Å². The standard InChI is InChI=1S/C20H12Cl2FN3O/c21-15-5-3-12(4-6-15)19(18-8-7-16(22)11-25-18)26-20(27)13-1-2-14(10-24)17(23)9-13/h1-9,11,19H,(H,26,27). The fourth-order valence-corrected chi connectivity index (χ4v) is 2.74. The van der Waals surface area contributed by atoms with Gasteiger partial charge in [-0.1, -0.05) is 35.3 Å². The van der Waals surface area contributed by atoms with Gasteiger partial charge in [0.2, 0.25) is 0 Å². The van der Waals surface area contributed by atoms with Gasteiger partial charge in [0.1, 0.15) is 11.9 Å². The molecule has 134 valence electrons. The van der Waals surface area contributed by atoms with Crippen LogP contribution in [0.3, 0.4) is 0 Å². The summed E-state index contributed by atoms with van der Waals surface area (Å²) in [6.45, 7) is 0. The number of nitriles is 1. The second-order valence-corrected chi connectivity index (χ2v) is 6.54. The Balaban J connectivity index is 1.94. The van der Waals surface area contributed by atoms with E-state index in [2.05, 4.69) is 10.3 Å². The van der Waals surface area contributed by atoms with Crippen LogP contribution >= 0.6 is 23.2 Å². The van der Waals surface area contributed by atoms with Crippen molar-refractivity contribution < 1.29 is 9.18 Å². The molecule has 0 aliphatic carbocycles. The van der Waals surface area contributed by atoms with Gasteiger partial charge in [0, 0.05) is 16.8 Å². The van der Waals surface area contributed by atoms with Gasteiger partial charge in [-0.05, 0) is 48.0 Å². The fourth-order valence-electron chi connectivity index (χ4n) is 2.50. The first-order valence-corrected chi connectivity index (χ1v) is 8.61. The number of rotatable bonds is 4. The molecule has 0 spiro atoms. The molecule has 0 fully saturated rings. The molecule has 0 radical (unpaired) electrons. The molecule has 4 nitrogen and oxygen atoms in total.